The zero-order valence-corrected chi connectivity index (χ0v) is 10.1. The Kier molecular flexibility index (Phi) is 1.95. The van der Waals surface area contributed by atoms with Gasteiger partial charge in [-0.1, -0.05) is 30.3 Å². The summed E-state index contributed by atoms with van der Waals surface area (Å²) in [4.78, 5) is 31.7. The van der Waals surface area contributed by atoms with Crippen LogP contribution in [-0.2, 0) is 11.3 Å². The monoisotopic (exact) mass is 253 g/mol. The molecule has 94 valence electrons. The molecule has 1 atom stereocenters. The Morgan fingerprint density at radius 1 is 1.21 bits per heavy atom. The van der Waals surface area contributed by atoms with Crippen LogP contribution < -0.4 is 0 Å². The number of carbonyl (C=O) groups is 2. The van der Waals surface area contributed by atoms with Crippen molar-refractivity contribution in [3.8, 4) is 0 Å². The van der Waals surface area contributed by atoms with Crippen molar-refractivity contribution in [2.24, 2.45) is 4.99 Å². The smallest absolute Gasteiger partial charge is 0.278 e. The van der Waals surface area contributed by atoms with Gasteiger partial charge in [-0.2, -0.15) is 0 Å². The number of aliphatic imine (C=N–C) groups is 1. The molecule has 1 unspecified atom stereocenters. The summed E-state index contributed by atoms with van der Waals surface area (Å²) < 4.78 is 0. The molecule has 1 aromatic rings. The SMILES string of the molecule is O=C1C2=C3CC(C=N3)N2C(=O)N1Cc1ccccc1. The number of benzene rings is 1. The van der Waals surface area contributed by atoms with Crippen LogP contribution in [0.3, 0.4) is 0 Å². The third kappa shape index (κ3) is 1.32. The van der Waals surface area contributed by atoms with Gasteiger partial charge < -0.3 is 0 Å². The quantitative estimate of drug-likeness (QED) is 0.750. The predicted molar refractivity (Wildman–Crippen MR) is 68.2 cm³/mol. The summed E-state index contributed by atoms with van der Waals surface area (Å²) in [5, 5.41) is 0. The van der Waals surface area contributed by atoms with Crippen molar-refractivity contribution >= 4 is 18.2 Å². The Morgan fingerprint density at radius 3 is 2.74 bits per heavy atom. The van der Waals surface area contributed by atoms with E-state index in [4.69, 9.17) is 0 Å². The van der Waals surface area contributed by atoms with Crippen LogP contribution in [-0.4, -0.2) is 34.0 Å². The summed E-state index contributed by atoms with van der Waals surface area (Å²) in [6.07, 6.45) is 2.43. The molecule has 1 aromatic carbocycles. The lowest BCUT2D eigenvalue weighted by molar-refractivity contribution is -0.123. The normalized spacial score (nSPS) is 23.9. The molecule has 0 radical (unpaired) electrons. The highest BCUT2D eigenvalue weighted by Crippen LogP contribution is 2.39. The highest BCUT2D eigenvalue weighted by molar-refractivity contribution is 6.14. The first kappa shape index (κ1) is 10.5. The van der Waals surface area contributed by atoms with E-state index < -0.39 is 0 Å². The number of amides is 3. The second-order valence-corrected chi connectivity index (χ2v) is 4.87. The maximum absolute atomic E-state index is 12.3. The third-order valence-corrected chi connectivity index (χ3v) is 3.72. The molecule has 3 heterocycles. The van der Waals surface area contributed by atoms with Crippen LogP contribution in [0.4, 0.5) is 4.79 Å². The highest BCUT2D eigenvalue weighted by atomic mass is 16.2. The van der Waals surface area contributed by atoms with Gasteiger partial charge in [0.25, 0.3) is 5.91 Å². The van der Waals surface area contributed by atoms with Crippen LogP contribution in [0.15, 0.2) is 46.7 Å². The molecule has 0 spiro atoms. The predicted octanol–water partition coefficient (Wildman–Crippen LogP) is 1.52. The van der Waals surface area contributed by atoms with Crippen molar-refractivity contribution in [2.45, 2.75) is 19.0 Å². The topological polar surface area (TPSA) is 53.0 Å². The van der Waals surface area contributed by atoms with Gasteiger partial charge in [-0.05, 0) is 5.56 Å². The van der Waals surface area contributed by atoms with Crippen LogP contribution in [0.2, 0.25) is 0 Å². The number of nitrogens with zero attached hydrogens (tertiary/aromatic N) is 3. The molecule has 2 bridgehead atoms. The number of hydrogen-bond acceptors (Lipinski definition) is 3. The average Bonchev–Trinajstić information content (AvgIpc) is 3.10. The Balaban J connectivity index is 1.68. The highest BCUT2D eigenvalue weighted by Gasteiger charge is 2.51. The van der Waals surface area contributed by atoms with E-state index in [2.05, 4.69) is 4.99 Å². The second-order valence-electron chi connectivity index (χ2n) is 4.87. The lowest BCUT2D eigenvalue weighted by Gasteiger charge is -2.18. The Bertz CT molecular complexity index is 648. The van der Waals surface area contributed by atoms with Gasteiger partial charge in [0.2, 0.25) is 0 Å². The van der Waals surface area contributed by atoms with E-state index in [-0.39, 0.29) is 18.0 Å². The number of carbonyl (C=O) groups excluding carboxylic acids is 2. The molecule has 3 aliphatic rings. The van der Waals surface area contributed by atoms with Gasteiger partial charge in [0, 0.05) is 12.6 Å². The van der Waals surface area contributed by atoms with Gasteiger partial charge in [-0.15, -0.1) is 0 Å². The van der Waals surface area contributed by atoms with Crippen LogP contribution in [0, 0.1) is 0 Å². The molecule has 3 amide bonds. The molecule has 19 heavy (non-hydrogen) atoms. The fourth-order valence-electron chi connectivity index (χ4n) is 2.81. The zero-order chi connectivity index (χ0) is 13.0. The van der Waals surface area contributed by atoms with Crippen LogP contribution in [0.1, 0.15) is 12.0 Å². The van der Waals surface area contributed by atoms with E-state index in [1.807, 2.05) is 30.3 Å². The molecular formula is C14H11N3O2. The average molecular weight is 253 g/mol. The molecule has 5 nitrogen and oxygen atoms in total. The first-order chi connectivity index (χ1) is 9.25. The third-order valence-electron chi connectivity index (χ3n) is 3.72. The number of imide groups is 1. The minimum atomic E-state index is -0.227. The Labute approximate surface area is 109 Å². The van der Waals surface area contributed by atoms with E-state index in [1.165, 1.54) is 4.90 Å². The Morgan fingerprint density at radius 2 is 2.00 bits per heavy atom. The number of fused-ring (bicyclic) bond motifs is 4. The van der Waals surface area contributed by atoms with Gasteiger partial charge in [0.1, 0.15) is 5.70 Å². The van der Waals surface area contributed by atoms with Crippen molar-refractivity contribution < 1.29 is 9.59 Å². The summed E-state index contributed by atoms with van der Waals surface area (Å²) in [6.45, 7) is 0.318. The maximum Gasteiger partial charge on any atom is 0.332 e. The largest absolute Gasteiger partial charge is 0.332 e. The summed E-state index contributed by atoms with van der Waals surface area (Å²) in [7, 11) is 0. The van der Waals surface area contributed by atoms with Crippen molar-refractivity contribution in [1.29, 1.82) is 0 Å². The summed E-state index contributed by atoms with van der Waals surface area (Å²) >= 11 is 0. The molecule has 0 N–H and O–H groups in total. The van der Waals surface area contributed by atoms with E-state index >= 15 is 0 Å². The number of urea groups is 1. The molecule has 3 aliphatic heterocycles. The zero-order valence-electron chi connectivity index (χ0n) is 10.1. The van der Waals surface area contributed by atoms with Gasteiger partial charge in [-0.3, -0.25) is 19.6 Å². The van der Waals surface area contributed by atoms with E-state index in [1.54, 1.807) is 11.1 Å². The summed E-state index contributed by atoms with van der Waals surface area (Å²) in [6, 6.07) is 9.25. The van der Waals surface area contributed by atoms with Crippen molar-refractivity contribution in [3.63, 3.8) is 0 Å². The molecule has 5 heteroatoms. The Hall–Kier alpha value is -2.43. The van der Waals surface area contributed by atoms with Gasteiger partial charge in [-0.25, -0.2) is 4.79 Å². The standard InChI is InChI=1S/C14H11N3O2/c18-13-12-11-6-10(7-15-11)17(12)14(19)16(13)8-9-4-2-1-3-5-9/h1-5,7,10H,6,8H2. The van der Waals surface area contributed by atoms with Crippen LogP contribution in [0.5, 0.6) is 0 Å². The van der Waals surface area contributed by atoms with Gasteiger partial charge in [0.15, 0.2) is 0 Å². The lowest BCUT2D eigenvalue weighted by Crippen LogP contribution is -2.37. The summed E-state index contributed by atoms with van der Waals surface area (Å²) in [5.41, 5.74) is 2.18. The van der Waals surface area contributed by atoms with Gasteiger partial charge in [0.05, 0.1) is 18.3 Å². The minimum absolute atomic E-state index is 0.0535. The fraction of sp³-hybridized carbons (Fsp3) is 0.214. The lowest BCUT2D eigenvalue weighted by atomic mass is 10.2. The second kappa shape index (κ2) is 3.54. The molecule has 0 aromatic heterocycles. The summed E-state index contributed by atoms with van der Waals surface area (Å²) in [5.74, 6) is -0.219. The van der Waals surface area contributed by atoms with Crippen molar-refractivity contribution in [1.82, 2.24) is 9.80 Å². The van der Waals surface area contributed by atoms with Crippen molar-refractivity contribution in [2.75, 3.05) is 0 Å². The van der Waals surface area contributed by atoms with E-state index in [9.17, 15) is 9.59 Å². The maximum atomic E-state index is 12.3. The van der Waals surface area contributed by atoms with Crippen LogP contribution >= 0.6 is 0 Å². The molecule has 4 rings (SSSR count). The van der Waals surface area contributed by atoms with Gasteiger partial charge >= 0.3 is 6.03 Å². The first-order valence-electron chi connectivity index (χ1n) is 6.22. The molecular weight excluding hydrogens is 242 g/mol. The van der Waals surface area contributed by atoms with Crippen LogP contribution in [0.25, 0.3) is 0 Å². The number of hydrogen-bond donors (Lipinski definition) is 0. The molecule has 0 aliphatic carbocycles. The van der Waals surface area contributed by atoms with E-state index in [0.29, 0.717) is 18.7 Å². The molecule has 1 saturated heterocycles. The fourth-order valence-corrected chi connectivity index (χ4v) is 2.81. The van der Waals surface area contributed by atoms with Crippen molar-refractivity contribution in [3.05, 3.63) is 47.3 Å². The van der Waals surface area contributed by atoms with E-state index in [0.717, 1.165) is 11.3 Å². The minimum Gasteiger partial charge on any atom is -0.278 e. The molecule has 0 saturated carbocycles. The first-order valence-corrected chi connectivity index (χ1v) is 6.22. The number of rotatable bonds is 2. The molecule has 1 fully saturated rings.